The standard InChI is InChI=1S/C14H17ClFN3O/c1-9(2)7-19-14(17-8-18-19)6-13(20)11-4-3-10(16)5-12(11)15/h3-5,8-9,13,20H,6-7H2,1-2H3. The Morgan fingerprint density at radius 3 is 2.80 bits per heavy atom. The lowest BCUT2D eigenvalue weighted by atomic mass is 10.1. The van der Waals surface area contributed by atoms with Crippen LogP contribution in [0.15, 0.2) is 24.5 Å². The zero-order valence-electron chi connectivity index (χ0n) is 11.4. The smallest absolute Gasteiger partial charge is 0.138 e. The molecule has 0 aliphatic rings. The number of hydrogen-bond acceptors (Lipinski definition) is 3. The number of nitrogens with zero attached hydrogens (tertiary/aromatic N) is 3. The molecule has 4 nitrogen and oxygen atoms in total. The first-order chi connectivity index (χ1) is 9.47. The SMILES string of the molecule is CC(C)Cn1ncnc1CC(O)c1ccc(F)cc1Cl. The van der Waals surface area contributed by atoms with Crippen molar-refractivity contribution in [1.29, 1.82) is 0 Å². The third-order valence-electron chi connectivity index (χ3n) is 2.93. The second-order valence-electron chi connectivity index (χ2n) is 5.14. The Balaban J connectivity index is 2.15. The lowest BCUT2D eigenvalue weighted by molar-refractivity contribution is 0.173. The van der Waals surface area contributed by atoms with Gasteiger partial charge in [-0.2, -0.15) is 5.10 Å². The predicted molar refractivity (Wildman–Crippen MR) is 74.9 cm³/mol. The molecule has 0 fully saturated rings. The van der Waals surface area contributed by atoms with Gasteiger partial charge in [-0.15, -0.1) is 0 Å². The molecule has 0 radical (unpaired) electrons. The Bertz CT molecular complexity index is 586. The van der Waals surface area contributed by atoms with Gasteiger partial charge in [-0.1, -0.05) is 31.5 Å². The van der Waals surface area contributed by atoms with Gasteiger partial charge < -0.3 is 5.11 Å². The zero-order valence-corrected chi connectivity index (χ0v) is 12.2. The van der Waals surface area contributed by atoms with Crippen LogP contribution in [0.1, 0.15) is 31.3 Å². The molecule has 0 saturated heterocycles. The van der Waals surface area contributed by atoms with Gasteiger partial charge in [-0.3, -0.25) is 0 Å². The van der Waals surface area contributed by atoms with Gasteiger partial charge in [0.05, 0.1) is 6.10 Å². The van der Waals surface area contributed by atoms with Gasteiger partial charge in [0.2, 0.25) is 0 Å². The van der Waals surface area contributed by atoms with E-state index in [4.69, 9.17) is 11.6 Å². The van der Waals surface area contributed by atoms with Crippen LogP contribution in [0.25, 0.3) is 0 Å². The maximum atomic E-state index is 13.0. The molecule has 108 valence electrons. The van der Waals surface area contributed by atoms with Crippen LogP contribution < -0.4 is 0 Å². The number of aromatic nitrogens is 3. The highest BCUT2D eigenvalue weighted by Crippen LogP contribution is 2.26. The van der Waals surface area contributed by atoms with E-state index < -0.39 is 11.9 Å². The summed E-state index contributed by atoms with van der Waals surface area (Å²) in [4.78, 5) is 4.16. The van der Waals surface area contributed by atoms with Gasteiger partial charge in [0.25, 0.3) is 0 Å². The van der Waals surface area contributed by atoms with Gasteiger partial charge >= 0.3 is 0 Å². The summed E-state index contributed by atoms with van der Waals surface area (Å²) in [5.74, 6) is 0.697. The van der Waals surface area contributed by atoms with Crippen LogP contribution in [0, 0.1) is 11.7 Å². The number of aliphatic hydroxyl groups excluding tert-OH is 1. The number of hydrogen-bond donors (Lipinski definition) is 1. The topological polar surface area (TPSA) is 50.9 Å². The van der Waals surface area contributed by atoms with Gasteiger partial charge in [-0.25, -0.2) is 14.1 Å². The second kappa shape index (κ2) is 6.33. The largest absolute Gasteiger partial charge is 0.388 e. The van der Waals surface area contributed by atoms with E-state index >= 15 is 0 Å². The third-order valence-corrected chi connectivity index (χ3v) is 3.26. The molecule has 0 saturated carbocycles. The molecular formula is C14H17ClFN3O. The van der Waals surface area contributed by atoms with Crippen molar-refractivity contribution in [3.05, 3.63) is 46.8 Å². The minimum atomic E-state index is -0.835. The third kappa shape index (κ3) is 3.55. The summed E-state index contributed by atoms with van der Waals surface area (Å²) in [6, 6.07) is 3.97. The molecule has 1 aromatic heterocycles. The van der Waals surface area contributed by atoms with Crippen LogP contribution in [0.5, 0.6) is 0 Å². The first-order valence-corrected chi connectivity index (χ1v) is 6.85. The van der Waals surface area contributed by atoms with E-state index in [1.807, 2.05) is 0 Å². The maximum absolute atomic E-state index is 13.0. The molecular weight excluding hydrogens is 281 g/mol. The Hall–Kier alpha value is -1.46. The quantitative estimate of drug-likeness (QED) is 0.923. The average Bonchev–Trinajstić information content (AvgIpc) is 2.75. The molecule has 20 heavy (non-hydrogen) atoms. The highest BCUT2D eigenvalue weighted by Gasteiger charge is 2.16. The van der Waals surface area contributed by atoms with Crippen molar-refractivity contribution in [2.45, 2.75) is 32.9 Å². The monoisotopic (exact) mass is 297 g/mol. The van der Waals surface area contributed by atoms with E-state index in [-0.39, 0.29) is 11.4 Å². The van der Waals surface area contributed by atoms with Crippen molar-refractivity contribution in [3.63, 3.8) is 0 Å². The summed E-state index contributed by atoms with van der Waals surface area (Å²) >= 11 is 5.95. The van der Waals surface area contributed by atoms with Crippen molar-refractivity contribution in [3.8, 4) is 0 Å². The fourth-order valence-corrected chi connectivity index (χ4v) is 2.29. The van der Waals surface area contributed by atoms with Crippen LogP contribution in [0.3, 0.4) is 0 Å². The van der Waals surface area contributed by atoms with Gasteiger partial charge in [0.1, 0.15) is 18.0 Å². The first kappa shape index (κ1) is 14.9. The van der Waals surface area contributed by atoms with Crippen molar-refractivity contribution < 1.29 is 9.50 Å². The van der Waals surface area contributed by atoms with Crippen LogP contribution in [-0.2, 0) is 13.0 Å². The van der Waals surface area contributed by atoms with Gasteiger partial charge in [0.15, 0.2) is 0 Å². The van der Waals surface area contributed by atoms with Crippen molar-refractivity contribution in [2.75, 3.05) is 0 Å². The Morgan fingerprint density at radius 1 is 1.40 bits per heavy atom. The first-order valence-electron chi connectivity index (χ1n) is 6.47. The molecule has 2 aromatic rings. The number of halogens is 2. The van der Waals surface area contributed by atoms with Crippen molar-refractivity contribution in [1.82, 2.24) is 14.8 Å². The minimum absolute atomic E-state index is 0.215. The summed E-state index contributed by atoms with van der Waals surface area (Å²) in [5, 5.41) is 14.6. The Labute approximate surface area is 122 Å². The second-order valence-corrected chi connectivity index (χ2v) is 5.55. The highest BCUT2D eigenvalue weighted by molar-refractivity contribution is 6.31. The summed E-state index contributed by atoms with van der Waals surface area (Å²) in [6.45, 7) is 4.90. The van der Waals surface area contributed by atoms with Gasteiger partial charge in [0, 0.05) is 18.0 Å². The molecule has 6 heteroatoms. The summed E-state index contributed by atoms with van der Waals surface area (Å²) in [7, 11) is 0. The maximum Gasteiger partial charge on any atom is 0.138 e. The predicted octanol–water partition coefficient (Wildman–Crippen LogP) is 3.00. The Morgan fingerprint density at radius 2 is 2.15 bits per heavy atom. The molecule has 0 aliphatic heterocycles. The molecule has 0 spiro atoms. The minimum Gasteiger partial charge on any atom is -0.388 e. The van der Waals surface area contributed by atoms with Crippen LogP contribution in [0.2, 0.25) is 5.02 Å². The van der Waals surface area contributed by atoms with E-state index in [2.05, 4.69) is 23.9 Å². The van der Waals surface area contributed by atoms with Crippen LogP contribution in [0.4, 0.5) is 4.39 Å². The van der Waals surface area contributed by atoms with Crippen molar-refractivity contribution >= 4 is 11.6 Å². The normalized spacial score (nSPS) is 12.9. The molecule has 0 amide bonds. The lowest BCUT2D eigenvalue weighted by Gasteiger charge is -2.14. The van der Waals surface area contributed by atoms with E-state index in [0.717, 1.165) is 6.54 Å². The van der Waals surface area contributed by atoms with E-state index in [1.54, 1.807) is 4.68 Å². The zero-order chi connectivity index (χ0) is 14.7. The fraction of sp³-hybridized carbons (Fsp3) is 0.429. The van der Waals surface area contributed by atoms with Crippen molar-refractivity contribution in [2.24, 2.45) is 5.92 Å². The summed E-state index contributed by atoms with van der Waals surface area (Å²) in [6.07, 6.45) is 0.924. The Kier molecular flexibility index (Phi) is 4.73. The molecule has 1 aromatic carbocycles. The van der Waals surface area contributed by atoms with E-state index in [1.165, 1.54) is 24.5 Å². The molecule has 0 bridgehead atoms. The molecule has 2 rings (SSSR count). The van der Waals surface area contributed by atoms with Gasteiger partial charge in [-0.05, 0) is 23.6 Å². The molecule has 1 heterocycles. The molecule has 0 aliphatic carbocycles. The fourth-order valence-electron chi connectivity index (χ4n) is 2.00. The average molecular weight is 298 g/mol. The molecule has 1 unspecified atom stereocenters. The highest BCUT2D eigenvalue weighted by atomic mass is 35.5. The van der Waals surface area contributed by atoms with E-state index in [0.29, 0.717) is 17.3 Å². The molecule has 1 atom stereocenters. The number of aliphatic hydroxyl groups is 1. The number of benzene rings is 1. The summed E-state index contributed by atoms with van der Waals surface area (Å²) in [5.41, 5.74) is 0.493. The van der Waals surface area contributed by atoms with E-state index in [9.17, 15) is 9.50 Å². The number of rotatable bonds is 5. The lowest BCUT2D eigenvalue weighted by Crippen LogP contribution is -2.13. The summed E-state index contributed by atoms with van der Waals surface area (Å²) < 4.78 is 14.8. The molecule has 1 N–H and O–H groups in total. The van der Waals surface area contributed by atoms with Crippen LogP contribution in [-0.4, -0.2) is 19.9 Å². The van der Waals surface area contributed by atoms with Crippen LogP contribution >= 0.6 is 11.6 Å².